The minimum atomic E-state index is -5.53. The van der Waals surface area contributed by atoms with Crippen molar-refractivity contribution in [2.75, 3.05) is 36.3 Å². The number of halogens is 6. The van der Waals surface area contributed by atoms with Crippen LogP contribution in [0.3, 0.4) is 0 Å². The average molecular weight is 961 g/mol. The summed E-state index contributed by atoms with van der Waals surface area (Å²) in [7, 11) is 3.12. The Hall–Kier alpha value is -6.97. The molecule has 0 spiro atoms. The standard InChI is InChI=1S/C48H42ClF5N6O6S/c1-25(30-8-7-20-56-42(30)59(23-26-9-13-28(64-5)14-10-26)24-27-11-15-29(65-6)16-12-27)60-21-19-32-37(44(60)61)40(57-45(62)48(52,53)54)39(51)36(38(32)49)31-17-18-34(50)41-35(31)33(22-55)43(67-41)58-46(63)66-47(2,3)4/h7-18,20,25H,19,21,23-24H2,1-6H3,(H,57,62)(H,58,63). The maximum atomic E-state index is 17.4. The fraction of sp³-hybridized carbons (Fsp3) is 0.271. The van der Waals surface area contributed by atoms with Crippen LogP contribution in [0.4, 0.5) is 43.3 Å². The summed E-state index contributed by atoms with van der Waals surface area (Å²) < 4.78 is 90.7. The van der Waals surface area contributed by atoms with Gasteiger partial charge in [-0.25, -0.2) is 18.6 Å². The Morgan fingerprint density at radius 3 is 2.10 bits per heavy atom. The molecule has 67 heavy (non-hydrogen) atoms. The summed E-state index contributed by atoms with van der Waals surface area (Å²) in [6.45, 7) is 7.09. The van der Waals surface area contributed by atoms with Crippen LogP contribution < -0.4 is 25.0 Å². The van der Waals surface area contributed by atoms with Crippen molar-refractivity contribution in [2.24, 2.45) is 0 Å². The van der Waals surface area contributed by atoms with Crippen molar-refractivity contribution in [1.82, 2.24) is 9.88 Å². The molecule has 0 saturated heterocycles. The summed E-state index contributed by atoms with van der Waals surface area (Å²) in [5.41, 5.74) is -1.68. The fourth-order valence-electron chi connectivity index (χ4n) is 7.85. The second-order valence-electron chi connectivity index (χ2n) is 16.4. The molecule has 2 N–H and O–H groups in total. The van der Waals surface area contributed by atoms with Crippen LogP contribution in [-0.4, -0.2) is 60.3 Å². The van der Waals surface area contributed by atoms with Crippen LogP contribution >= 0.6 is 22.9 Å². The number of thiophene rings is 1. The van der Waals surface area contributed by atoms with Gasteiger partial charge in [-0.2, -0.15) is 18.4 Å². The molecule has 12 nitrogen and oxygen atoms in total. The first kappa shape index (κ1) is 48.0. The van der Waals surface area contributed by atoms with Crippen LogP contribution in [-0.2, 0) is 29.0 Å². The van der Waals surface area contributed by atoms with E-state index in [9.17, 15) is 32.8 Å². The highest BCUT2D eigenvalue weighted by Gasteiger charge is 2.43. The van der Waals surface area contributed by atoms with Crippen molar-refractivity contribution < 1.29 is 50.5 Å². The van der Waals surface area contributed by atoms with Crippen LogP contribution in [0.25, 0.3) is 21.2 Å². The molecule has 19 heteroatoms. The lowest BCUT2D eigenvalue weighted by Crippen LogP contribution is -2.41. The van der Waals surface area contributed by atoms with Crippen LogP contribution in [0.15, 0.2) is 79.0 Å². The van der Waals surface area contributed by atoms with Gasteiger partial charge in [0.05, 0.1) is 46.8 Å². The monoisotopic (exact) mass is 960 g/mol. The van der Waals surface area contributed by atoms with Gasteiger partial charge in [0.15, 0.2) is 5.82 Å². The van der Waals surface area contributed by atoms with E-state index >= 15 is 8.78 Å². The molecule has 348 valence electrons. The molecule has 2 aromatic heterocycles. The molecule has 7 rings (SSSR count). The molecule has 4 aromatic carbocycles. The predicted molar refractivity (Wildman–Crippen MR) is 245 cm³/mol. The third-order valence-electron chi connectivity index (χ3n) is 10.9. The van der Waals surface area contributed by atoms with Crippen LogP contribution in [0.2, 0.25) is 5.02 Å². The van der Waals surface area contributed by atoms with Gasteiger partial charge < -0.3 is 29.3 Å². The summed E-state index contributed by atoms with van der Waals surface area (Å²) in [6.07, 6.45) is -5.07. The second kappa shape index (κ2) is 19.1. The normalized spacial score (nSPS) is 13.1. The Morgan fingerprint density at radius 1 is 0.940 bits per heavy atom. The highest BCUT2D eigenvalue weighted by Crippen LogP contribution is 2.49. The number of carbonyl (C=O) groups is 3. The van der Waals surface area contributed by atoms with E-state index in [1.807, 2.05) is 59.5 Å². The molecular formula is C48H42ClF5N6O6S. The van der Waals surface area contributed by atoms with Crippen molar-refractivity contribution in [1.29, 1.82) is 5.26 Å². The van der Waals surface area contributed by atoms with Gasteiger partial charge in [0.1, 0.15) is 39.8 Å². The van der Waals surface area contributed by atoms with Crippen molar-refractivity contribution in [3.8, 4) is 28.7 Å². The first-order valence-corrected chi connectivity index (χ1v) is 21.8. The van der Waals surface area contributed by atoms with E-state index < -0.39 is 69.2 Å². The molecule has 1 aliphatic rings. The number of aromatic nitrogens is 1. The van der Waals surface area contributed by atoms with E-state index in [4.69, 9.17) is 30.8 Å². The number of anilines is 3. The number of alkyl halides is 3. The average Bonchev–Trinajstić information content (AvgIpc) is 3.66. The van der Waals surface area contributed by atoms with E-state index in [-0.39, 0.29) is 44.7 Å². The van der Waals surface area contributed by atoms with Crippen molar-refractivity contribution in [2.45, 2.75) is 65.0 Å². The van der Waals surface area contributed by atoms with Crippen LogP contribution in [0.1, 0.15) is 71.9 Å². The number of ether oxygens (including phenoxy) is 3. The van der Waals surface area contributed by atoms with Gasteiger partial charge in [0, 0.05) is 42.3 Å². The lowest BCUT2D eigenvalue weighted by atomic mass is 9.88. The maximum absolute atomic E-state index is 17.4. The summed E-state index contributed by atoms with van der Waals surface area (Å²) in [4.78, 5) is 48.4. The SMILES string of the molecule is COc1ccc(CN(Cc2ccc(OC)cc2)c2ncccc2C(C)N2CCc3c(Cl)c(-c4ccc(F)c5sc(NC(=O)OC(C)(C)C)c(C#N)c45)c(F)c(NC(=O)C(F)(F)F)c3C2=O)cc1. The minimum absolute atomic E-state index is 0.0829. The molecule has 3 heterocycles. The first-order chi connectivity index (χ1) is 31.7. The topological polar surface area (TPSA) is 146 Å². The molecule has 3 amide bonds. The molecule has 1 unspecified atom stereocenters. The molecule has 1 atom stereocenters. The Kier molecular flexibility index (Phi) is 13.7. The van der Waals surface area contributed by atoms with E-state index in [1.54, 1.807) is 65.6 Å². The number of pyridine rings is 1. The lowest BCUT2D eigenvalue weighted by molar-refractivity contribution is -0.167. The third kappa shape index (κ3) is 9.93. The zero-order chi connectivity index (χ0) is 48.5. The summed E-state index contributed by atoms with van der Waals surface area (Å²) >= 11 is 7.62. The molecule has 0 fully saturated rings. The van der Waals surface area contributed by atoms with Gasteiger partial charge in [-0.3, -0.25) is 14.9 Å². The Balaban J connectivity index is 1.34. The first-order valence-electron chi connectivity index (χ1n) is 20.6. The number of methoxy groups -OCH3 is 2. The number of nitrogens with one attached hydrogen (secondary N) is 2. The fourth-order valence-corrected chi connectivity index (χ4v) is 9.29. The number of rotatable bonds is 12. The quantitative estimate of drug-likeness (QED) is 0.114. The largest absolute Gasteiger partial charge is 0.497 e. The third-order valence-corrected chi connectivity index (χ3v) is 12.5. The highest BCUT2D eigenvalue weighted by molar-refractivity contribution is 7.23. The minimum Gasteiger partial charge on any atom is -0.497 e. The predicted octanol–water partition coefficient (Wildman–Crippen LogP) is 11.6. The molecule has 1 aliphatic heterocycles. The van der Waals surface area contributed by atoms with Gasteiger partial charge in [-0.1, -0.05) is 48.0 Å². The van der Waals surface area contributed by atoms with E-state index in [2.05, 4.69) is 5.32 Å². The summed E-state index contributed by atoms with van der Waals surface area (Å²) in [5, 5.41) is 13.5. The Morgan fingerprint density at radius 2 is 1.55 bits per heavy atom. The zero-order valence-electron chi connectivity index (χ0n) is 36.8. The van der Waals surface area contributed by atoms with E-state index in [1.165, 1.54) is 4.90 Å². The number of carbonyl (C=O) groups excluding carboxylic acids is 3. The van der Waals surface area contributed by atoms with E-state index in [0.717, 1.165) is 23.3 Å². The van der Waals surface area contributed by atoms with E-state index in [0.29, 0.717) is 47.3 Å². The number of amides is 3. The van der Waals surface area contributed by atoms with Gasteiger partial charge in [-0.05, 0) is 92.8 Å². The molecular weight excluding hydrogens is 919 g/mol. The molecule has 0 bridgehead atoms. The van der Waals surface area contributed by atoms with Gasteiger partial charge >= 0.3 is 18.2 Å². The number of nitriles is 1. The smallest absolute Gasteiger partial charge is 0.471 e. The highest BCUT2D eigenvalue weighted by atomic mass is 35.5. The number of nitrogens with zero attached hydrogens (tertiary/aromatic N) is 4. The van der Waals surface area contributed by atoms with Crippen molar-refractivity contribution in [3.63, 3.8) is 0 Å². The number of fused-ring (bicyclic) bond motifs is 2. The number of benzene rings is 4. The maximum Gasteiger partial charge on any atom is 0.471 e. The summed E-state index contributed by atoms with van der Waals surface area (Å²) in [5.74, 6) is -4.19. The molecule has 6 aromatic rings. The van der Waals surface area contributed by atoms with Gasteiger partial charge in [-0.15, -0.1) is 11.3 Å². The Bertz CT molecular complexity index is 2880. The second-order valence-corrected chi connectivity index (χ2v) is 17.8. The van der Waals surface area contributed by atoms with Gasteiger partial charge in [0.25, 0.3) is 5.91 Å². The molecule has 0 saturated carbocycles. The molecule has 0 aliphatic carbocycles. The Labute approximate surface area is 390 Å². The van der Waals surface area contributed by atoms with Crippen LogP contribution in [0, 0.1) is 23.0 Å². The molecule has 0 radical (unpaired) electrons. The van der Waals surface area contributed by atoms with Crippen molar-refractivity contribution >= 4 is 67.4 Å². The number of hydrogen-bond acceptors (Lipinski definition) is 10. The lowest BCUT2D eigenvalue weighted by Gasteiger charge is -2.37. The van der Waals surface area contributed by atoms with Crippen LogP contribution in [0.5, 0.6) is 11.5 Å². The zero-order valence-corrected chi connectivity index (χ0v) is 38.4. The number of hydrogen-bond donors (Lipinski definition) is 2. The summed E-state index contributed by atoms with van der Waals surface area (Å²) in [6, 6.07) is 21.4. The van der Waals surface area contributed by atoms with Gasteiger partial charge in [0.2, 0.25) is 0 Å². The van der Waals surface area contributed by atoms with Crippen molar-refractivity contribution in [3.05, 3.63) is 129 Å².